The van der Waals surface area contributed by atoms with E-state index in [0.717, 1.165) is 10.0 Å². The number of amides is 1. The van der Waals surface area contributed by atoms with Crippen LogP contribution < -0.4 is 10.1 Å². The normalized spacial score (nSPS) is 10.8. The molecule has 0 spiro atoms. The topological polar surface area (TPSA) is 93.4 Å². The van der Waals surface area contributed by atoms with E-state index in [1.54, 1.807) is 31.3 Å². The van der Waals surface area contributed by atoms with Gasteiger partial charge < -0.3 is 14.6 Å². The Morgan fingerprint density at radius 3 is 2.93 bits per heavy atom. The van der Waals surface area contributed by atoms with E-state index in [-0.39, 0.29) is 12.5 Å². The predicted octanol–water partition coefficient (Wildman–Crippen LogP) is 2.97. The quantitative estimate of drug-likeness (QED) is 0.614. The molecule has 0 fully saturated rings. The maximum Gasteiger partial charge on any atom is 0.241 e. The molecule has 0 saturated carbocycles. The highest BCUT2D eigenvalue weighted by atomic mass is 79.9. The van der Waals surface area contributed by atoms with Gasteiger partial charge in [0.2, 0.25) is 17.6 Å². The van der Waals surface area contributed by atoms with Gasteiger partial charge in [-0.2, -0.15) is 4.98 Å². The molecule has 1 aromatic carbocycles. The smallest absolute Gasteiger partial charge is 0.241 e. The molecule has 0 aliphatic rings. The van der Waals surface area contributed by atoms with E-state index < -0.39 is 0 Å². The lowest BCUT2D eigenvalue weighted by Crippen LogP contribution is -2.30. The number of nitrogens with one attached hydrogen (secondary N) is 1. The SMILES string of the molecule is COc1cccc(-c2noc(CN(C)CC(=O)Nc3ccc(Br)cn3)n2)c1. The summed E-state index contributed by atoms with van der Waals surface area (Å²) in [5, 5.41) is 6.72. The number of carbonyl (C=O) groups is 1. The van der Waals surface area contributed by atoms with Crippen LogP contribution in [0.4, 0.5) is 5.82 Å². The van der Waals surface area contributed by atoms with Gasteiger partial charge in [0.05, 0.1) is 20.2 Å². The summed E-state index contributed by atoms with van der Waals surface area (Å²) in [6.07, 6.45) is 1.62. The monoisotopic (exact) mass is 431 g/mol. The Kier molecular flexibility index (Phi) is 6.15. The van der Waals surface area contributed by atoms with E-state index >= 15 is 0 Å². The van der Waals surface area contributed by atoms with Crippen LogP contribution in [-0.4, -0.2) is 46.6 Å². The van der Waals surface area contributed by atoms with Gasteiger partial charge in [-0.3, -0.25) is 9.69 Å². The summed E-state index contributed by atoms with van der Waals surface area (Å²) in [4.78, 5) is 22.4. The Morgan fingerprint density at radius 1 is 1.33 bits per heavy atom. The van der Waals surface area contributed by atoms with Crippen LogP contribution >= 0.6 is 15.9 Å². The number of methoxy groups -OCH3 is 1. The highest BCUT2D eigenvalue weighted by Gasteiger charge is 2.14. The lowest BCUT2D eigenvalue weighted by Gasteiger charge is -2.13. The fourth-order valence-corrected chi connectivity index (χ4v) is 2.60. The second kappa shape index (κ2) is 8.74. The maximum absolute atomic E-state index is 12.1. The minimum atomic E-state index is -0.181. The number of hydrogen-bond acceptors (Lipinski definition) is 7. The molecular formula is C18H18BrN5O3. The zero-order chi connectivity index (χ0) is 19.2. The van der Waals surface area contributed by atoms with Gasteiger partial charge in [0.1, 0.15) is 11.6 Å². The molecule has 140 valence electrons. The molecule has 8 nitrogen and oxygen atoms in total. The van der Waals surface area contributed by atoms with Crippen molar-refractivity contribution in [3.05, 3.63) is 53.0 Å². The second-order valence-electron chi connectivity index (χ2n) is 5.83. The maximum atomic E-state index is 12.1. The summed E-state index contributed by atoms with van der Waals surface area (Å²) < 4.78 is 11.3. The first-order chi connectivity index (χ1) is 13.0. The first-order valence-electron chi connectivity index (χ1n) is 8.10. The summed E-state index contributed by atoms with van der Waals surface area (Å²) >= 11 is 3.30. The zero-order valence-electron chi connectivity index (χ0n) is 14.8. The highest BCUT2D eigenvalue weighted by molar-refractivity contribution is 9.10. The number of anilines is 1. The Morgan fingerprint density at radius 2 is 2.19 bits per heavy atom. The van der Waals surface area contributed by atoms with E-state index in [4.69, 9.17) is 9.26 Å². The number of carbonyl (C=O) groups excluding carboxylic acids is 1. The summed E-state index contributed by atoms with van der Waals surface area (Å²) in [6, 6.07) is 10.9. The van der Waals surface area contributed by atoms with Crippen molar-refractivity contribution in [2.45, 2.75) is 6.54 Å². The van der Waals surface area contributed by atoms with E-state index in [9.17, 15) is 4.79 Å². The van der Waals surface area contributed by atoms with Gasteiger partial charge in [-0.15, -0.1) is 0 Å². The third-order valence-corrected chi connectivity index (χ3v) is 4.08. The highest BCUT2D eigenvalue weighted by Crippen LogP contribution is 2.21. The van der Waals surface area contributed by atoms with E-state index in [1.165, 1.54) is 0 Å². The third-order valence-electron chi connectivity index (χ3n) is 3.61. The van der Waals surface area contributed by atoms with Crippen LogP contribution in [0.3, 0.4) is 0 Å². The Bertz CT molecular complexity index is 913. The molecule has 0 atom stereocenters. The third kappa shape index (κ3) is 5.35. The number of ether oxygens (including phenoxy) is 1. The van der Waals surface area contributed by atoms with Gasteiger partial charge in [0, 0.05) is 16.2 Å². The molecule has 0 aliphatic carbocycles. The van der Waals surface area contributed by atoms with E-state index in [0.29, 0.717) is 29.8 Å². The molecule has 0 radical (unpaired) electrons. The first-order valence-corrected chi connectivity index (χ1v) is 8.90. The summed E-state index contributed by atoms with van der Waals surface area (Å²) in [5.74, 6) is 1.93. The minimum absolute atomic E-state index is 0.161. The van der Waals surface area contributed by atoms with Crippen LogP contribution in [0, 0.1) is 0 Å². The largest absolute Gasteiger partial charge is 0.497 e. The average Bonchev–Trinajstić information content (AvgIpc) is 3.12. The van der Waals surface area contributed by atoms with Crippen molar-refractivity contribution in [3.8, 4) is 17.1 Å². The lowest BCUT2D eigenvalue weighted by atomic mass is 10.2. The number of halogens is 1. The lowest BCUT2D eigenvalue weighted by molar-refractivity contribution is -0.117. The number of benzene rings is 1. The van der Waals surface area contributed by atoms with Crippen molar-refractivity contribution >= 4 is 27.7 Å². The summed E-state index contributed by atoms with van der Waals surface area (Å²) in [5.41, 5.74) is 0.797. The standard InChI is InChI=1S/C18H18BrN5O3/c1-24(10-16(25)21-15-7-6-13(19)9-20-15)11-17-22-18(23-27-17)12-4-3-5-14(8-12)26-2/h3-9H,10-11H2,1-2H3,(H,20,21,25). The number of nitrogens with zero attached hydrogens (tertiary/aromatic N) is 4. The van der Waals surface area contributed by atoms with Crippen LogP contribution in [0.5, 0.6) is 5.75 Å². The fourth-order valence-electron chi connectivity index (χ4n) is 2.36. The van der Waals surface area contributed by atoms with Gasteiger partial charge in [-0.1, -0.05) is 17.3 Å². The van der Waals surface area contributed by atoms with Gasteiger partial charge in [-0.05, 0) is 47.2 Å². The number of likely N-dealkylation sites (N-methyl/N-ethyl adjacent to an activating group) is 1. The van der Waals surface area contributed by atoms with Crippen LogP contribution in [0.15, 0.2) is 51.6 Å². The molecular weight excluding hydrogens is 414 g/mol. The Balaban J connectivity index is 1.56. The van der Waals surface area contributed by atoms with Gasteiger partial charge in [0.25, 0.3) is 0 Å². The molecule has 0 bridgehead atoms. The van der Waals surface area contributed by atoms with Crippen molar-refractivity contribution in [1.29, 1.82) is 0 Å². The van der Waals surface area contributed by atoms with Crippen molar-refractivity contribution in [1.82, 2.24) is 20.0 Å². The number of rotatable bonds is 7. The van der Waals surface area contributed by atoms with E-state index in [2.05, 4.69) is 36.4 Å². The van der Waals surface area contributed by atoms with Crippen molar-refractivity contribution in [3.63, 3.8) is 0 Å². The fraction of sp³-hybridized carbons (Fsp3) is 0.222. The van der Waals surface area contributed by atoms with Crippen LogP contribution in [0.2, 0.25) is 0 Å². The molecule has 0 unspecified atom stereocenters. The van der Waals surface area contributed by atoms with Crippen molar-refractivity contribution in [2.75, 3.05) is 26.0 Å². The molecule has 0 saturated heterocycles. The van der Waals surface area contributed by atoms with Crippen molar-refractivity contribution < 1.29 is 14.1 Å². The number of hydrogen-bond donors (Lipinski definition) is 1. The molecule has 0 aliphatic heterocycles. The molecule has 2 heterocycles. The van der Waals surface area contributed by atoms with Crippen LogP contribution in [0.25, 0.3) is 11.4 Å². The Hall–Kier alpha value is -2.78. The van der Waals surface area contributed by atoms with Gasteiger partial charge >= 0.3 is 0 Å². The summed E-state index contributed by atoms with van der Waals surface area (Å²) in [6.45, 7) is 0.507. The molecule has 2 aromatic heterocycles. The number of pyridine rings is 1. The molecule has 9 heteroatoms. The first kappa shape index (κ1) is 19.0. The predicted molar refractivity (Wildman–Crippen MR) is 103 cm³/mol. The number of aromatic nitrogens is 3. The van der Waals surface area contributed by atoms with E-state index in [1.807, 2.05) is 30.3 Å². The van der Waals surface area contributed by atoms with Gasteiger partial charge in [-0.25, -0.2) is 4.98 Å². The van der Waals surface area contributed by atoms with Crippen LogP contribution in [0.1, 0.15) is 5.89 Å². The molecule has 3 aromatic rings. The van der Waals surface area contributed by atoms with Gasteiger partial charge in [0.15, 0.2) is 0 Å². The molecule has 1 amide bonds. The molecule has 1 N–H and O–H groups in total. The summed E-state index contributed by atoms with van der Waals surface area (Å²) in [7, 11) is 3.40. The zero-order valence-corrected chi connectivity index (χ0v) is 16.4. The molecule has 27 heavy (non-hydrogen) atoms. The minimum Gasteiger partial charge on any atom is -0.497 e. The molecule has 3 rings (SSSR count). The Labute approximate surface area is 164 Å². The average molecular weight is 432 g/mol. The van der Waals surface area contributed by atoms with Crippen molar-refractivity contribution in [2.24, 2.45) is 0 Å². The van der Waals surface area contributed by atoms with Crippen LogP contribution in [-0.2, 0) is 11.3 Å². The second-order valence-corrected chi connectivity index (χ2v) is 6.74.